The quantitative estimate of drug-likeness (QED) is 0.630. The minimum Gasteiger partial charge on any atom is -0.0985 e. The van der Waals surface area contributed by atoms with Crippen LogP contribution in [0.1, 0.15) is 25.0 Å². The fourth-order valence-electron chi connectivity index (χ4n) is 1.89. The molecular weight excluding hydrogens is 196 g/mol. The van der Waals surface area contributed by atoms with Gasteiger partial charge in [0.1, 0.15) is 0 Å². The molecule has 1 rings (SSSR count). The maximum atomic E-state index is 3.77. The normalized spacial score (nSPS) is 10.6. The molecule has 1 aromatic rings. The predicted octanol–water partition coefficient (Wildman–Crippen LogP) is 4.14. The summed E-state index contributed by atoms with van der Waals surface area (Å²) >= 11 is 0. The number of benzene rings is 1. The highest BCUT2D eigenvalue weighted by molar-refractivity contribution is 6.58. The average Bonchev–Trinajstić information content (AvgIpc) is 2.31. The standard InChI is InChI=1S/C14H22Si/c1-4-13-7-9-14(10-8-13)11-12-15(5-2)6-3/h4,7-10,15H,1,5-6,11-12H2,2-3H3. The fourth-order valence-corrected chi connectivity index (χ4v) is 4.02. The van der Waals surface area contributed by atoms with Gasteiger partial charge >= 0.3 is 0 Å². The van der Waals surface area contributed by atoms with Crippen LogP contribution < -0.4 is 0 Å². The van der Waals surface area contributed by atoms with Gasteiger partial charge in [-0.2, -0.15) is 0 Å². The predicted molar refractivity (Wildman–Crippen MR) is 73.2 cm³/mol. The summed E-state index contributed by atoms with van der Waals surface area (Å²) in [5.41, 5.74) is 2.71. The molecule has 0 aliphatic heterocycles. The second kappa shape index (κ2) is 6.62. The van der Waals surface area contributed by atoms with Gasteiger partial charge in [0.2, 0.25) is 0 Å². The minimum atomic E-state index is -0.402. The maximum absolute atomic E-state index is 3.77. The van der Waals surface area contributed by atoms with Crippen molar-refractivity contribution in [2.45, 2.75) is 38.4 Å². The first kappa shape index (κ1) is 12.2. The lowest BCUT2D eigenvalue weighted by molar-refractivity contribution is 1.08. The Morgan fingerprint density at radius 2 is 1.73 bits per heavy atom. The third-order valence-electron chi connectivity index (χ3n) is 3.21. The Bertz CT molecular complexity index is 283. The van der Waals surface area contributed by atoms with Gasteiger partial charge in [-0.15, -0.1) is 0 Å². The molecule has 0 atom stereocenters. The number of rotatable bonds is 6. The number of aryl methyl sites for hydroxylation is 1. The molecule has 0 radical (unpaired) electrons. The maximum Gasteiger partial charge on any atom is 0.0365 e. The van der Waals surface area contributed by atoms with Gasteiger partial charge in [-0.1, -0.05) is 68.9 Å². The van der Waals surface area contributed by atoms with Crippen LogP contribution in [0.4, 0.5) is 0 Å². The topological polar surface area (TPSA) is 0 Å². The van der Waals surface area contributed by atoms with Crippen molar-refractivity contribution >= 4 is 14.9 Å². The van der Waals surface area contributed by atoms with Crippen LogP contribution in [0.2, 0.25) is 18.1 Å². The second-order valence-electron chi connectivity index (χ2n) is 4.17. The first-order chi connectivity index (χ1) is 7.30. The molecule has 0 aliphatic rings. The molecular formula is C14H22Si. The first-order valence-electron chi connectivity index (χ1n) is 6.01. The van der Waals surface area contributed by atoms with E-state index in [-0.39, 0.29) is 0 Å². The molecule has 0 nitrogen and oxygen atoms in total. The highest BCUT2D eigenvalue weighted by Crippen LogP contribution is 2.12. The van der Waals surface area contributed by atoms with Crippen LogP contribution >= 0.6 is 0 Å². The van der Waals surface area contributed by atoms with E-state index in [1.165, 1.54) is 35.7 Å². The van der Waals surface area contributed by atoms with Crippen molar-refractivity contribution in [2.24, 2.45) is 0 Å². The van der Waals surface area contributed by atoms with E-state index in [2.05, 4.69) is 44.7 Å². The van der Waals surface area contributed by atoms with Crippen LogP contribution in [0.25, 0.3) is 6.08 Å². The molecule has 0 aromatic heterocycles. The zero-order valence-corrected chi connectivity index (χ0v) is 11.2. The van der Waals surface area contributed by atoms with E-state index in [9.17, 15) is 0 Å². The van der Waals surface area contributed by atoms with E-state index in [1.807, 2.05) is 6.08 Å². The van der Waals surface area contributed by atoms with E-state index < -0.39 is 8.80 Å². The lowest BCUT2D eigenvalue weighted by atomic mass is 10.1. The summed E-state index contributed by atoms with van der Waals surface area (Å²) in [5.74, 6) is 0. The Morgan fingerprint density at radius 3 is 2.20 bits per heavy atom. The van der Waals surface area contributed by atoms with Crippen molar-refractivity contribution in [1.82, 2.24) is 0 Å². The Morgan fingerprint density at radius 1 is 1.13 bits per heavy atom. The summed E-state index contributed by atoms with van der Waals surface area (Å²) in [5, 5.41) is 0. The van der Waals surface area contributed by atoms with Crippen LogP contribution in [0.3, 0.4) is 0 Å². The van der Waals surface area contributed by atoms with Crippen LogP contribution in [0.15, 0.2) is 30.8 Å². The summed E-state index contributed by atoms with van der Waals surface area (Å²) in [6.07, 6.45) is 3.18. The summed E-state index contributed by atoms with van der Waals surface area (Å²) < 4.78 is 0. The molecule has 1 aromatic carbocycles. The van der Waals surface area contributed by atoms with Gasteiger partial charge in [0.05, 0.1) is 0 Å². The van der Waals surface area contributed by atoms with Crippen molar-refractivity contribution in [3.63, 3.8) is 0 Å². The summed E-state index contributed by atoms with van der Waals surface area (Å²) in [6.45, 7) is 8.47. The van der Waals surface area contributed by atoms with Gasteiger partial charge in [0.15, 0.2) is 0 Å². The molecule has 0 spiro atoms. The number of hydrogen-bond donors (Lipinski definition) is 0. The molecule has 0 bridgehead atoms. The molecule has 0 aliphatic carbocycles. The van der Waals surface area contributed by atoms with E-state index in [4.69, 9.17) is 0 Å². The van der Waals surface area contributed by atoms with Crippen LogP contribution in [-0.4, -0.2) is 8.80 Å². The van der Waals surface area contributed by atoms with Gasteiger partial charge in [-0.25, -0.2) is 0 Å². The highest BCUT2D eigenvalue weighted by Gasteiger charge is 2.05. The molecule has 0 fully saturated rings. The zero-order valence-electron chi connectivity index (χ0n) is 10.00. The van der Waals surface area contributed by atoms with Crippen molar-refractivity contribution in [3.8, 4) is 0 Å². The third-order valence-corrected chi connectivity index (χ3v) is 6.63. The molecule has 82 valence electrons. The van der Waals surface area contributed by atoms with Gasteiger partial charge in [-0.3, -0.25) is 0 Å². The monoisotopic (exact) mass is 218 g/mol. The van der Waals surface area contributed by atoms with E-state index in [0.717, 1.165) is 0 Å². The fraction of sp³-hybridized carbons (Fsp3) is 0.429. The molecule has 0 heterocycles. The molecule has 0 N–H and O–H groups in total. The Hall–Kier alpha value is -0.823. The van der Waals surface area contributed by atoms with Gasteiger partial charge in [0.25, 0.3) is 0 Å². The van der Waals surface area contributed by atoms with E-state index in [0.29, 0.717) is 0 Å². The minimum absolute atomic E-state index is 0.402. The molecule has 0 unspecified atom stereocenters. The molecule has 15 heavy (non-hydrogen) atoms. The zero-order chi connectivity index (χ0) is 11.1. The van der Waals surface area contributed by atoms with Gasteiger partial charge in [-0.05, 0) is 17.5 Å². The van der Waals surface area contributed by atoms with Crippen molar-refractivity contribution < 1.29 is 0 Å². The van der Waals surface area contributed by atoms with Crippen LogP contribution in [-0.2, 0) is 6.42 Å². The third kappa shape index (κ3) is 4.04. The van der Waals surface area contributed by atoms with E-state index >= 15 is 0 Å². The summed E-state index contributed by atoms with van der Waals surface area (Å²) in [6, 6.07) is 13.2. The summed E-state index contributed by atoms with van der Waals surface area (Å²) in [4.78, 5) is 0. The number of hydrogen-bond acceptors (Lipinski definition) is 0. The molecule has 0 saturated carbocycles. The van der Waals surface area contributed by atoms with Crippen LogP contribution in [0, 0.1) is 0 Å². The van der Waals surface area contributed by atoms with Crippen molar-refractivity contribution in [2.75, 3.05) is 0 Å². The van der Waals surface area contributed by atoms with Crippen LogP contribution in [0.5, 0.6) is 0 Å². The van der Waals surface area contributed by atoms with Gasteiger partial charge < -0.3 is 0 Å². The second-order valence-corrected chi connectivity index (χ2v) is 8.11. The summed E-state index contributed by atoms with van der Waals surface area (Å²) in [7, 11) is -0.402. The highest BCUT2D eigenvalue weighted by atomic mass is 28.3. The first-order valence-corrected chi connectivity index (χ1v) is 8.46. The largest absolute Gasteiger partial charge is 0.0985 e. The lowest BCUT2D eigenvalue weighted by Crippen LogP contribution is -2.09. The average molecular weight is 218 g/mol. The Labute approximate surface area is 95.6 Å². The SMILES string of the molecule is C=Cc1ccc(CC[SiH](CC)CC)cc1. The van der Waals surface area contributed by atoms with Crippen molar-refractivity contribution in [3.05, 3.63) is 42.0 Å². The molecule has 1 heteroatoms. The van der Waals surface area contributed by atoms with E-state index in [1.54, 1.807) is 0 Å². The Kier molecular flexibility index (Phi) is 5.41. The lowest BCUT2D eigenvalue weighted by Gasteiger charge is -2.10. The molecule has 0 amide bonds. The van der Waals surface area contributed by atoms with Gasteiger partial charge in [0, 0.05) is 8.80 Å². The Balaban J connectivity index is 2.46. The van der Waals surface area contributed by atoms with Crippen molar-refractivity contribution in [1.29, 1.82) is 0 Å². The molecule has 0 saturated heterocycles. The smallest absolute Gasteiger partial charge is 0.0365 e.